The molecule has 1 aliphatic carbocycles. The Balaban J connectivity index is 1.61. The molecular formula is C22H24ClN3O2. The summed E-state index contributed by atoms with van der Waals surface area (Å²) < 4.78 is 0. The van der Waals surface area contributed by atoms with Gasteiger partial charge in [0.25, 0.3) is 11.8 Å². The largest absolute Gasteiger partial charge is 0.352 e. The highest BCUT2D eigenvalue weighted by atomic mass is 35.5. The van der Waals surface area contributed by atoms with Crippen molar-refractivity contribution in [1.29, 1.82) is 0 Å². The van der Waals surface area contributed by atoms with Gasteiger partial charge in [-0.25, -0.2) is 0 Å². The highest BCUT2D eigenvalue weighted by molar-refractivity contribution is 6.31. The van der Waals surface area contributed by atoms with Crippen LogP contribution in [0.15, 0.2) is 48.3 Å². The zero-order valence-corrected chi connectivity index (χ0v) is 16.7. The Bertz CT molecular complexity index is 908. The summed E-state index contributed by atoms with van der Waals surface area (Å²) in [5, 5.41) is 6.31. The molecule has 0 fully saturated rings. The number of amides is 2. The van der Waals surface area contributed by atoms with Crippen molar-refractivity contribution in [3.63, 3.8) is 0 Å². The molecule has 0 bridgehead atoms. The maximum atomic E-state index is 12.5. The van der Waals surface area contributed by atoms with Gasteiger partial charge in [0.05, 0.1) is 11.1 Å². The van der Waals surface area contributed by atoms with Gasteiger partial charge >= 0.3 is 0 Å². The molecule has 3 rings (SSSR count). The number of aromatic nitrogens is 1. The molecule has 2 N–H and O–H groups in total. The predicted octanol–water partition coefficient (Wildman–Crippen LogP) is 4.92. The van der Waals surface area contributed by atoms with Gasteiger partial charge in [-0.2, -0.15) is 0 Å². The van der Waals surface area contributed by atoms with E-state index in [0.717, 1.165) is 24.8 Å². The van der Waals surface area contributed by atoms with E-state index in [-0.39, 0.29) is 11.8 Å². The molecule has 5 nitrogen and oxygen atoms in total. The van der Waals surface area contributed by atoms with E-state index in [1.165, 1.54) is 30.8 Å². The summed E-state index contributed by atoms with van der Waals surface area (Å²) in [7, 11) is 0. The highest BCUT2D eigenvalue weighted by Gasteiger charge is 2.13. The monoisotopic (exact) mass is 397 g/mol. The van der Waals surface area contributed by atoms with Gasteiger partial charge < -0.3 is 10.6 Å². The van der Waals surface area contributed by atoms with Crippen LogP contribution in [0.25, 0.3) is 0 Å². The lowest BCUT2D eigenvalue weighted by Gasteiger charge is -2.13. The normalized spacial score (nSPS) is 13.6. The molecule has 0 unspecified atom stereocenters. The van der Waals surface area contributed by atoms with E-state index in [1.807, 2.05) is 6.92 Å². The van der Waals surface area contributed by atoms with Crippen molar-refractivity contribution in [2.24, 2.45) is 0 Å². The minimum absolute atomic E-state index is 0.225. The van der Waals surface area contributed by atoms with Crippen LogP contribution in [-0.4, -0.2) is 23.3 Å². The Labute approximate surface area is 170 Å². The molecule has 2 amide bonds. The Morgan fingerprint density at radius 1 is 1.14 bits per heavy atom. The molecule has 6 heteroatoms. The molecule has 0 radical (unpaired) electrons. The minimum Gasteiger partial charge on any atom is -0.352 e. The summed E-state index contributed by atoms with van der Waals surface area (Å²) in [5.74, 6) is -0.558. The molecule has 1 aliphatic rings. The smallest absolute Gasteiger partial charge is 0.257 e. The molecule has 2 aromatic rings. The first kappa shape index (κ1) is 20.1. The lowest BCUT2D eigenvalue weighted by atomic mass is 9.97. The quantitative estimate of drug-likeness (QED) is 0.680. The SMILES string of the molecule is Cc1c(Cl)cccc1NC(=O)c1cncc(C(=O)NCCC2=CCCCC2)c1. The zero-order chi connectivity index (χ0) is 19.9. The van der Waals surface area contributed by atoms with Gasteiger partial charge in [-0.15, -0.1) is 0 Å². The molecule has 0 atom stereocenters. The lowest BCUT2D eigenvalue weighted by Crippen LogP contribution is -2.25. The van der Waals surface area contributed by atoms with Crippen LogP contribution in [0.3, 0.4) is 0 Å². The third kappa shape index (κ3) is 5.20. The molecule has 28 heavy (non-hydrogen) atoms. The number of hydrogen-bond donors (Lipinski definition) is 2. The van der Waals surface area contributed by atoms with Crippen LogP contribution < -0.4 is 10.6 Å². The standard InChI is InChI=1S/C22H24ClN3O2/c1-15-19(23)8-5-9-20(15)26-22(28)18-12-17(13-24-14-18)21(27)25-11-10-16-6-3-2-4-7-16/h5-6,8-9,12-14H,2-4,7,10-11H2,1H3,(H,25,27)(H,26,28). The summed E-state index contributed by atoms with van der Waals surface area (Å²) >= 11 is 6.09. The summed E-state index contributed by atoms with van der Waals surface area (Å²) in [6.45, 7) is 2.42. The van der Waals surface area contributed by atoms with E-state index in [2.05, 4.69) is 21.7 Å². The summed E-state index contributed by atoms with van der Waals surface area (Å²) in [5.41, 5.74) is 3.52. The van der Waals surface area contributed by atoms with Crippen LogP contribution in [0.1, 0.15) is 58.4 Å². The van der Waals surface area contributed by atoms with E-state index < -0.39 is 0 Å². The van der Waals surface area contributed by atoms with Gasteiger partial charge in [-0.1, -0.05) is 29.3 Å². The van der Waals surface area contributed by atoms with Crippen LogP contribution >= 0.6 is 11.6 Å². The number of allylic oxidation sites excluding steroid dienone is 1. The van der Waals surface area contributed by atoms with Crippen molar-refractivity contribution >= 4 is 29.1 Å². The van der Waals surface area contributed by atoms with Gasteiger partial charge in [0, 0.05) is 29.6 Å². The molecular weight excluding hydrogens is 374 g/mol. The van der Waals surface area contributed by atoms with Gasteiger partial charge in [0.2, 0.25) is 0 Å². The first-order valence-corrected chi connectivity index (χ1v) is 9.90. The summed E-state index contributed by atoms with van der Waals surface area (Å²) in [6, 6.07) is 6.87. The van der Waals surface area contributed by atoms with Gasteiger partial charge in [-0.3, -0.25) is 14.6 Å². The fourth-order valence-corrected chi connectivity index (χ4v) is 3.37. The molecule has 1 heterocycles. The number of anilines is 1. The molecule has 1 aromatic heterocycles. The number of nitrogens with zero attached hydrogens (tertiary/aromatic N) is 1. The fraction of sp³-hybridized carbons (Fsp3) is 0.318. The Morgan fingerprint density at radius 3 is 2.68 bits per heavy atom. The van der Waals surface area contributed by atoms with E-state index in [9.17, 15) is 9.59 Å². The average molecular weight is 398 g/mol. The molecule has 0 aliphatic heterocycles. The van der Waals surface area contributed by atoms with Crippen molar-refractivity contribution < 1.29 is 9.59 Å². The second-order valence-corrected chi connectivity index (χ2v) is 7.35. The summed E-state index contributed by atoms with van der Waals surface area (Å²) in [4.78, 5) is 29.0. The van der Waals surface area contributed by atoms with Crippen LogP contribution in [0, 0.1) is 6.92 Å². The van der Waals surface area contributed by atoms with Crippen LogP contribution in [-0.2, 0) is 0 Å². The second kappa shape index (κ2) is 9.51. The first-order valence-electron chi connectivity index (χ1n) is 9.52. The lowest BCUT2D eigenvalue weighted by molar-refractivity contribution is 0.0953. The predicted molar refractivity (Wildman–Crippen MR) is 112 cm³/mol. The Morgan fingerprint density at radius 2 is 1.93 bits per heavy atom. The fourth-order valence-electron chi connectivity index (χ4n) is 3.20. The summed E-state index contributed by atoms with van der Waals surface area (Å²) in [6.07, 6.45) is 10.8. The topological polar surface area (TPSA) is 71.1 Å². The van der Waals surface area contributed by atoms with E-state index >= 15 is 0 Å². The van der Waals surface area contributed by atoms with Crippen molar-refractivity contribution in [3.8, 4) is 0 Å². The first-order chi connectivity index (χ1) is 13.5. The number of pyridine rings is 1. The van der Waals surface area contributed by atoms with E-state index in [0.29, 0.717) is 28.4 Å². The number of benzene rings is 1. The third-order valence-electron chi connectivity index (χ3n) is 4.90. The molecule has 1 aromatic carbocycles. The van der Waals surface area contributed by atoms with Crippen molar-refractivity contribution in [3.05, 3.63) is 70.0 Å². The van der Waals surface area contributed by atoms with Crippen molar-refractivity contribution in [2.75, 3.05) is 11.9 Å². The second-order valence-electron chi connectivity index (χ2n) is 6.94. The maximum Gasteiger partial charge on any atom is 0.257 e. The van der Waals surface area contributed by atoms with Gasteiger partial charge in [-0.05, 0) is 62.8 Å². The number of halogens is 1. The van der Waals surface area contributed by atoms with E-state index in [4.69, 9.17) is 11.6 Å². The highest BCUT2D eigenvalue weighted by Crippen LogP contribution is 2.23. The molecule has 0 spiro atoms. The number of hydrogen-bond acceptors (Lipinski definition) is 3. The van der Waals surface area contributed by atoms with Gasteiger partial charge in [0.1, 0.15) is 0 Å². The van der Waals surface area contributed by atoms with Crippen LogP contribution in [0.5, 0.6) is 0 Å². The number of nitrogens with one attached hydrogen (secondary N) is 2. The van der Waals surface area contributed by atoms with Crippen LogP contribution in [0.4, 0.5) is 5.69 Å². The van der Waals surface area contributed by atoms with Crippen molar-refractivity contribution in [2.45, 2.75) is 39.0 Å². The van der Waals surface area contributed by atoms with Crippen LogP contribution in [0.2, 0.25) is 5.02 Å². The zero-order valence-electron chi connectivity index (χ0n) is 15.9. The molecule has 0 saturated carbocycles. The molecule has 0 saturated heterocycles. The molecule has 146 valence electrons. The third-order valence-corrected chi connectivity index (χ3v) is 5.30. The van der Waals surface area contributed by atoms with E-state index in [1.54, 1.807) is 24.3 Å². The van der Waals surface area contributed by atoms with Crippen molar-refractivity contribution in [1.82, 2.24) is 10.3 Å². The minimum atomic E-state index is -0.333. The number of rotatable bonds is 6. The maximum absolute atomic E-state index is 12.5. The average Bonchev–Trinajstić information content (AvgIpc) is 2.72. The Kier molecular flexibility index (Phi) is 6.82. The number of carbonyl (C=O) groups is 2. The van der Waals surface area contributed by atoms with Gasteiger partial charge in [0.15, 0.2) is 0 Å². The number of carbonyl (C=O) groups excluding carboxylic acids is 2. The Hall–Kier alpha value is -2.66.